The van der Waals surface area contributed by atoms with Crippen LogP contribution < -0.4 is 15.4 Å². The molecule has 1 heterocycles. The number of aryl methyl sites for hydroxylation is 1. The molecule has 27 heavy (non-hydrogen) atoms. The lowest BCUT2D eigenvalue weighted by molar-refractivity contribution is 0.197. The zero-order valence-electron chi connectivity index (χ0n) is 15.5. The molecular formula is C19H23ClFN3O3. The summed E-state index contributed by atoms with van der Waals surface area (Å²) >= 11 is 6.05. The summed E-state index contributed by atoms with van der Waals surface area (Å²) < 4.78 is 19.6. The van der Waals surface area contributed by atoms with E-state index in [1.807, 2.05) is 13.8 Å². The van der Waals surface area contributed by atoms with Crippen LogP contribution in [0.3, 0.4) is 0 Å². The molecule has 8 heteroatoms. The SMILES string of the molecule is Cc1cc(F)c(NC(=O)NCC(C)C)cc1-c1cc(Cl)nc(OCCO)c1. The molecule has 0 aliphatic rings. The third-order valence-electron chi connectivity index (χ3n) is 3.66. The molecule has 1 aromatic carbocycles. The Bertz CT molecular complexity index is 815. The number of nitrogens with one attached hydrogen (secondary N) is 2. The first kappa shape index (κ1) is 20.9. The molecule has 1 aromatic heterocycles. The average molecular weight is 396 g/mol. The molecule has 0 aliphatic heterocycles. The van der Waals surface area contributed by atoms with Gasteiger partial charge in [0.15, 0.2) is 0 Å². The smallest absolute Gasteiger partial charge is 0.319 e. The topological polar surface area (TPSA) is 83.5 Å². The van der Waals surface area contributed by atoms with Crippen LogP contribution in [0, 0.1) is 18.7 Å². The number of ether oxygens (including phenoxy) is 1. The molecule has 2 amide bonds. The number of anilines is 1. The molecule has 0 atom stereocenters. The number of pyridine rings is 1. The third kappa shape index (κ3) is 6.08. The van der Waals surface area contributed by atoms with Gasteiger partial charge in [-0.1, -0.05) is 25.4 Å². The van der Waals surface area contributed by atoms with E-state index in [2.05, 4.69) is 15.6 Å². The molecule has 0 radical (unpaired) electrons. The van der Waals surface area contributed by atoms with Gasteiger partial charge in [0.1, 0.15) is 17.6 Å². The van der Waals surface area contributed by atoms with Crippen molar-refractivity contribution < 1.29 is 19.0 Å². The maximum atomic E-state index is 14.3. The molecule has 0 spiro atoms. The number of hydrogen-bond acceptors (Lipinski definition) is 4. The molecule has 0 bridgehead atoms. The Morgan fingerprint density at radius 1 is 1.33 bits per heavy atom. The van der Waals surface area contributed by atoms with Crippen LogP contribution in [0.5, 0.6) is 5.88 Å². The number of nitrogens with zero attached hydrogens (tertiary/aromatic N) is 1. The normalized spacial score (nSPS) is 10.8. The van der Waals surface area contributed by atoms with Crippen molar-refractivity contribution in [3.8, 4) is 17.0 Å². The lowest BCUT2D eigenvalue weighted by atomic mass is 10.0. The highest BCUT2D eigenvalue weighted by Crippen LogP contribution is 2.32. The second-order valence-corrected chi connectivity index (χ2v) is 6.85. The van der Waals surface area contributed by atoms with Crippen molar-refractivity contribution in [2.45, 2.75) is 20.8 Å². The van der Waals surface area contributed by atoms with Crippen LogP contribution >= 0.6 is 11.6 Å². The number of aromatic nitrogens is 1. The Hall–Kier alpha value is -2.38. The van der Waals surface area contributed by atoms with E-state index in [1.165, 1.54) is 6.07 Å². The number of amides is 2. The van der Waals surface area contributed by atoms with Crippen LogP contribution in [0.4, 0.5) is 14.9 Å². The minimum Gasteiger partial charge on any atom is -0.475 e. The van der Waals surface area contributed by atoms with Gasteiger partial charge in [-0.05, 0) is 47.7 Å². The van der Waals surface area contributed by atoms with E-state index in [0.29, 0.717) is 23.2 Å². The van der Waals surface area contributed by atoms with Crippen LogP contribution in [0.1, 0.15) is 19.4 Å². The second-order valence-electron chi connectivity index (χ2n) is 6.46. The number of hydrogen-bond donors (Lipinski definition) is 3. The number of aliphatic hydroxyl groups excluding tert-OH is 1. The summed E-state index contributed by atoms with van der Waals surface area (Å²) in [5.74, 6) is -0.00204. The van der Waals surface area contributed by atoms with E-state index >= 15 is 0 Å². The quantitative estimate of drug-likeness (QED) is 0.619. The fraction of sp³-hybridized carbons (Fsp3) is 0.368. The summed E-state index contributed by atoms with van der Waals surface area (Å²) in [5, 5.41) is 14.3. The van der Waals surface area contributed by atoms with Gasteiger partial charge in [0.25, 0.3) is 0 Å². The van der Waals surface area contributed by atoms with E-state index < -0.39 is 11.8 Å². The molecule has 0 saturated carbocycles. The maximum Gasteiger partial charge on any atom is 0.319 e. The number of benzene rings is 1. The Labute approximate surface area is 162 Å². The lowest BCUT2D eigenvalue weighted by Crippen LogP contribution is -2.32. The van der Waals surface area contributed by atoms with Crippen molar-refractivity contribution >= 4 is 23.3 Å². The van der Waals surface area contributed by atoms with E-state index in [4.69, 9.17) is 21.4 Å². The van der Waals surface area contributed by atoms with E-state index in [0.717, 1.165) is 0 Å². The molecule has 2 aromatic rings. The van der Waals surface area contributed by atoms with E-state index in [1.54, 1.807) is 25.1 Å². The van der Waals surface area contributed by atoms with Gasteiger partial charge in [-0.3, -0.25) is 0 Å². The maximum absolute atomic E-state index is 14.3. The highest BCUT2D eigenvalue weighted by Gasteiger charge is 2.14. The average Bonchev–Trinajstić information content (AvgIpc) is 2.60. The van der Waals surface area contributed by atoms with Crippen molar-refractivity contribution in [3.05, 3.63) is 40.8 Å². The van der Waals surface area contributed by atoms with Crippen molar-refractivity contribution in [3.63, 3.8) is 0 Å². The zero-order chi connectivity index (χ0) is 20.0. The van der Waals surface area contributed by atoms with Crippen LogP contribution in [-0.2, 0) is 0 Å². The van der Waals surface area contributed by atoms with Gasteiger partial charge in [0.05, 0.1) is 12.3 Å². The largest absolute Gasteiger partial charge is 0.475 e. The van der Waals surface area contributed by atoms with Gasteiger partial charge < -0.3 is 20.5 Å². The van der Waals surface area contributed by atoms with Crippen LogP contribution in [0.25, 0.3) is 11.1 Å². The fourth-order valence-corrected chi connectivity index (χ4v) is 2.60. The minimum absolute atomic E-state index is 0.0580. The first-order chi connectivity index (χ1) is 12.8. The van der Waals surface area contributed by atoms with E-state index in [-0.39, 0.29) is 35.9 Å². The monoisotopic (exact) mass is 395 g/mol. The van der Waals surface area contributed by atoms with Gasteiger partial charge in [-0.25, -0.2) is 14.2 Å². The van der Waals surface area contributed by atoms with Crippen LogP contribution in [-0.4, -0.2) is 35.9 Å². The standard InChI is InChI=1S/C19H23ClFN3O3/c1-11(2)10-22-19(26)23-16-9-14(12(3)6-15(16)21)13-7-17(20)24-18(8-13)27-5-4-25/h6-9,11,25H,4-5,10H2,1-3H3,(H2,22,23,26). The van der Waals surface area contributed by atoms with Crippen LogP contribution in [0.2, 0.25) is 5.15 Å². The fourth-order valence-electron chi connectivity index (χ4n) is 2.40. The number of carbonyl (C=O) groups excluding carboxylic acids is 1. The van der Waals surface area contributed by atoms with Crippen molar-refractivity contribution in [2.24, 2.45) is 5.92 Å². The van der Waals surface area contributed by atoms with Crippen molar-refractivity contribution in [2.75, 3.05) is 25.1 Å². The highest BCUT2D eigenvalue weighted by atomic mass is 35.5. The number of aliphatic hydroxyl groups is 1. The van der Waals surface area contributed by atoms with Gasteiger partial charge in [0.2, 0.25) is 5.88 Å². The highest BCUT2D eigenvalue weighted by molar-refractivity contribution is 6.29. The second kappa shape index (κ2) is 9.53. The Balaban J connectivity index is 2.32. The van der Waals surface area contributed by atoms with Gasteiger partial charge in [0, 0.05) is 12.6 Å². The van der Waals surface area contributed by atoms with Crippen molar-refractivity contribution in [1.29, 1.82) is 0 Å². The molecular weight excluding hydrogens is 373 g/mol. The van der Waals surface area contributed by atoms with Gasteiger partial charge in [-0.15, -0.1) is 0 Å². The molecule has 3 N–H and O–H groups in total. The van der Waals surface area contributed by atoms with Gasteiger partial charge >= 0.3 is 6.03 Å². The zero-order valence-corrected chi connectivity index (χ0v) is 16.2. The Kier molecular flexibility index (Phi) is 7.38. The molecule has 146 valence electrons. The number of urea groups is 1. The summed E-state index contributed by atoms with van der Waals surface area (Å²) in [6.07, 6.45) is 0. The molecule has 0 unspecified atom stereocenters. The molecule has 2 rings (SSSR count). The number of carbonyl (C=O) groups is 1. The van der Waals surface area contributed by atoms with Gasteiger partial charge in [-0.2, -0.15) is 0 Å². The lowest BCUT2D eigenvalue weighted by Gasteiger charge is -2.14. The molecule has 0 saturated heterocycles. The van der Waals surface area contributed by atoms with Crippen LogP contribution in [0.15, 0.2) is 24.3 Å². The first-order valence-corrected chi connectivity index (χ1v) is 8.94. The molecule has 6 nitrogen and oxygen atoms in total. The Morgan fingerprint density at radius 3 is 2.74 bits per heavy atom. The summed E-state index contributed by atoms with van der Waals surface area (Å²) in [7, 11) is 0. The summed E-state index contributed by atoms with van der Waals surface area (Å²) in [5.41, 5.74) is 2.05. The first-order valence-electron chi connectivity index (χ1n) is 8.56. The summed E-state index contributed by atoms with van der Waals surface area (Å²) in [4.78, 5) is 16.0. The summed E-state index contributed by atoms with van der Waals surface area (Å²) in [6, 6.07) is 5.68. The number of rotatable bonds is 7. The molecule has 0 fully saturated rings. The van der Waals surface area contributed by atoms with E-state index in [9.17, 15) is 9.18 Å². The Morgan fingerprint density at radius 2 is 2.07 bits per heavy atom. The third-order valence-corrected chi connectivity index (χ3v) is 3.85. The predicted octanol–water partition coefficient (Wildman–Crippen LogP) is 4.00. The predicted molar refractivity (Wildman–Crippen MR) is 104 cm³/mol. The molecule has 0 aliphatic carbocycles. The van der Waals surface area contributed by atoms with Crippen molar-refractivity contribution in [1.82, 2.24) is 10.3 Å². The minimum atomic E-state index is -0.534. The summed E-state index contributed by atoms with van der Waals surface area (Å²) in [6.45, 7) is 6.10. The number of halogens is 2.